The molecule has 4 rings (SSSR count). The molecule has 4 aromatic rings. The van der Waals surface area contributed by atoms with E-state index >= 15 is 4.39 Å². The minimum atomic E-state index is -1.00. The number of primary amides is 2. The van der Waals surface area contributed by atoms with E-state index in [-0.39, 0.29) is 34.4 Å². The summed E-state index contributed by atoms with van der Waals surface area (Å²) in [5.74, 6) is -1.85. The van der Waals surface area contributed by atoms with Crippen LogP contribution in [-0.4, -0.2) is 31.7 Å². The predicted molar refractivity (Wildman–Crippen MR) is 131 cm³/mol. The molecular formula is C25H23F2N7O3. The van der Waals surface area contributed by atoms with Crippen LogP contribution in [0.4, 0.5) is 25.1 Å². The second-order valence-electron chi connectivity index (χ2n) is 9.04. The lowest BCUT2D eigenvalue weighted by atomic mass is 9.92. The van der Waals surface area contributed by atoms with Crippen molar-refractivity contribution in [2.24, 2.45) is 11.5 Å². The molecule has 0 saturated carbocycles. The van der Waals surface area contributed by atoms with Crippen LogP contribution in [0.1, 0.15) is 37.0 Å². The van der Waals surface area contributed by atoms with Gasteiger partial charge in [0.25, 0.3) is 5.91 Å². The number of pyridine rings is 2. The van der Waals surface area contributed by atoms with Gasteiger partial charge in [0.05, 0.1) is 29.5 Å². The average molecular weight is 508 g/mol. The van der Waals surface area contributed by atoms with Gasteiger partial charge in [0.1, 0.15) is 28.8 Å². The Morgan fingerprint density at radius 2 is 1.73 bits per heavy atom. The lowest BCUT2D eigenvalue weighted by Gasteiger charge is -2.22. The number of hydrogen-bond acceptors (Lipinski definition) is 6. The van der Waals surface area contributed by atoms with Crippen LogP contribution < -0.4 is 21.1 Å². The third-order valence-electron chi connectivity index (χ3n) is 5.22. The zero-order chi connectivity index (χ0) is 26.9. The molecule has 0 atom stereocenters. The van der Waals surface area contributed by atoms with Gasteiger partial charge in [-0.05, 0) is 18.2 Å². The average Bonchev–Trinajstić information content (AvgIpc) is 3.26. The molecule has 0 aliphatic rings. The molecule has 0 spiro atoms. The highest BCUT2D eigenvalue weighted by molar-refractivity contribution is 5.98. The normalized spacial score (nSPS) is 11.3. The van der Waals surface area contributed by atoms with Crippen LogP contribution in [0.25, 0.3) is 5.69 Å². The molecule has 0 unspecified atom stereocenters. The second-order valence-corrected chi connectivity index (χ2v) is 9.04. The number of urea groups is 1. The van der Waals surface area contributed by atoms with Crippen LogP contribution in [0.3, 0.4) is 0 Å². The molecule has 37 heavy (non-hydrogen) atoms. The SMILES string of the molecule is CC(C)(C)c1cc(N(C(N)=O)c2ccc(Oc3ccnc(C(N)=O)c3)cc2F)n(-c2cncc(F)c2)n1. The summed E-state index contributed by atoms with van der Waals surface area (Å²) in [6, 6.07) is 8.28. The van der Waals surface area contributed by atoms with Crippen molar-refractivity contribution in [2.45, 2.75) is 26.2 Å². The van der Waals surface area contributed by atoms with Gasteiger partial charge >= 0.3 is 6.03 Å². The summed E-state index contributed by atoms with van der Waals surface area (Å²) in [5, 5.41) is 4.52. The van der Waals surface area contributed by atoms with Crippen molar-refractivity contribution in [3.05, 3.63) is 84.1 Å². The molecule has 0 radical (unpaired) electrons. The number of nitrogens with two attached hydrogens (primary N) is 2. The fourth-order valence-corrected chi connectivity index (χ4v) is 3.44. The first kappa shape index (κ1) is 25.2. The lowest BCUT2D eigenvalue weighted by Crippen LogP contribution is -2.33. The number of anilines is 2. The summed E-state index contributed by atoms with van der Waals surface area (Å²) in [4.78, 5) is 32.5. The maximum absolute atomic E-state index is 15.4. The minimum absolute atomic E-state index is 0.0238. The van der Waals surface area contributed by atoms with E-state index in [1.165, 1.54) is 47.4 Å². The van der Waals surface area contributed by atoms with Gasteiger partial charge in [0, 0.05) is 35.9 Å². The first-order chi connectivity index (χ1) is 17.4. The van der Waals surface area contributed by atoms with Crippen LogP contribution >= 0.6 is 0 Å². The highest BCUT2D eigenvalue weighted by Crippen LogP contribution is 2.35. The predicted octanol–water partition coefficient (Wildman–Crippen LogP) is 4.35. The Kier molecular flexibility index (Phi) is 6.58. The first-order valence-corrected chi connectivity index (χ1v) is 11.0. The van der Waals surface area contributed by atoms with Crippen molar-refractivity contribution >= 4 is 23.4 Å². The van der Waals surface area contributed by atoms with E-state index in [4.69, 9.17) is 16.2 Å². The van der Waals surface area contributed by atoms with Gasteiger partial charge in [-0.3, -0.25) is 14.8 Å². The van der Waals surface area contributed by atoms with E-state index in [1.54, 1.807) is 6.07 Å². The summed E-state index contributed by atoms with van der Waals surface area (Å²) >= 11 is 0. The third-order valence-corrected chi connectivity index (χ3v) is 5.22. The fraction of sp³-hybridized carbons (Fsp3) is 0.160. The summed E-state index contributed by atoms with van der Waals surface area (Å²) < 4.78 is 36.2. The number of nitrogens with zero attached hydrogens (tertiary/aromatic N) is 5. The minimum Gasteiger partial charge on any atom is -0.457 e. The van der Waals surface area contributed by atoms with Crippen molar-refractivity contribution in [1.29, 1.82) is 0 Å². The molecule has 0 fully saturated rings. The van der Waals surface area contributed by atoms with Gasteiger partial charge in [0.15, 0.2) is 5.82 Å². The van der Waals surface area contributed by atoms with Crippen molar-refractivity contribution in [3.8, 4) is 17.2 Å². The van der Waals surface area contributed by atoms with Crippen LogP contribution in [0, 0.1) is 11.6 Å². The molecular weight excluding hydrogens is 484 g/mol. The van der Waals surface area contributed by atoms with E-state index in [1.807, 2.05) is 20.8 Å². The number of hydrogen-bond donors (Lipinski definition) is 2. The smallest absolute Gasteiger partial charge is 0.325 e. The van der Waals surface area contributed by atoms with Crippen molar-refractivity contribution in [3.63, 3.8) is 0 Å². The Hall–Kier alpha value is -4.87. The molecule has 4 N–H and O–H groups in total. The van der Waals surface area contributed by atoms with Gasteiger partial charge in [-0.15, -0.1) is 0 Å². The number of aromatic nitrogens is 4. The van der Waals surface area contributed by atoms with Gasteiger partial charge in [-0.25, -0.2) is 23.2 Å². The van der Waals surface area contributed by atoms with Gasteiger partial charge in [0.2, 0.25) is 0 Å². The topological polar surface area (TPSA) is 142 Å². The fourth-order valence-electron chi connectivity index (χ4n) is 3.44. The molecule has 0 aliphatic heterocycles. The first-order valence-electron chi connectivity index (χ1n) is 11.0. The maximum atomic E-state index is 15.4. The van der Waals surface area contributed by atoms with Crippen LogP contribution in [0.15, 0.2) is 61.1 Å². The highest BCUT2D eigenvalue weighted by atomic mass is 19.1. The zero-order valence-electron chi connectivity index (χ0n) is 20.1. The number of halogens is 2. The largest absolute Gasteiger partial charge is 0.457 e. The second kappa shape index (κ2) is 9.64. The van der Waals surface area contributed by atoms with Crippen molar-refractivity contribution in [1.82, 2.24) is 19.7 Å². The quantitative estimate of drug-likeness (QED) is 0.397. The highest BCUT2D eigenvalue weighted by Gasteiger charge is 2.28. The monoisotopic (exact) mass is 507 g/mol. The van der Waals surface area contributed by atoms with Crippen molar-refractivity contribution in [2.75, 3.05) is 4.90 Å². The Morgan fingerprint density at radius 3 is 2.35 bits per heavy atom. The number of amides is 3. The zero-order valence-corrected chi connectivity index (χ0v) is 20.1. The third kappa shape index (κ3) is 5.37. The van der Waals surface area contributed by atoms with Crippen molar-refractivity contribution < 1.29 is 23.1 Å². The molecule has 3 aromatic heterocycles. The van der Waals surface area contributed by atoms with Gasteiger partial charge in [-0.2, -0.15) is 5.10 Å². The summed E-state index contributed by atoms with van der Waals surface area (Å²) in [6.07, 6.45) is 3.70. The lowest BCUT2D eigenvalue weighted by molar-refractivity contribution is 0.0995. The molecule has 0 bridgehead atoms. The van der Waals surface area contributed by atoms with E-state index in [0.29, 0.717) is 5.69 Å². The molecule has 3 heterocycles. The van der Waals surface area contributed by atoms with E-state index in [9.17, 15) is 14.0 Å². The van der Waals surface area contributed by atoms with E-state index < -0.39 is 29.0 Å². The summed E-state index contributed by atoms with van der Waals surface area (Å²) in [6.45, 7) is 5.70. The Bertz CT molecular complexity index is 1500. The Balaban J connectivity index is 1.77. The van der Waals surface area contributed by atoms with Gasteiger partial charge < -0.3 is 16.2 Å². The van der Waals surface area contributed by atoms with E-state index in [0.717, 1.165) is 17.2 Å². The maximum Gasteiger partial charge on any atom is 0.325 e. The molecule has 0 aliphatic carbocycles. The number of rotatable bonds is 6. The Morgan fingerprint density at radius 1 is 1.00 bits per heavy atom. The number of ether oxygens (including phenoxy) is 1. The molecule has 10 nitrogen and oxygen atoms in total. The standard InChI is InChI=1S/C25H23F2N7O3/c1-25(2,3)21-11-22(34(32-21)15-8-14(26)12-30-13-15)33(24(29)36)20-5-4-16(9-18(20)27)37-17-6-7-31-19(10-17)23(28)35/h4-13H,1-3H3,(H2,28,35)(H2,29,36). The van der Waals surface area contributed by atoms with Crippen LogP contribution in [0.2, 0.25) is 0 Å². The van der Waals surface area contributed by atoms with Crippen LogP contribution in [0.5, 0.6) is 11.5 Å². The number of benzene rings is 1. The Labute approximate surface area is 210 Å². The van der Waals surface area contributed by atoms with Crippen LogP contribution in [-0.2, 0) is 5.41 Å². The summed E-state index contributed by atoms with van der Waals surface area (Å²) in [5.41, 5.74) is 11.0. The molecule has 0 saturated heterocycles. The van der Waals surface area contributed by atoms with Gasteiger partial charge in [-0.1, -0.05) is 20.8 Å². The molecule has 12 heteroatoms. The molecule has 190 valence electrons. The van der Waals surface area contributed by atoms with E-state index in [2.05, 4.69) is 15.1 Å². The molecule has 3 amide bonds. The number of carbonyl (C=O) groups is 2. The number of carbonyl (C=O) groups excluding carboxylic acids is 2. The summed E-state index contributed by atoms with van der Waals surface area (Å²) in [7, 11) is 0. The molecule has 1 aromatic carbocycles.